The van der Waals surface area contributed by atoms with E-state index < -0.39 is 22.4 Å². The van der Waals surface area contributed by atoms with E-state index in [4.69, 9.17) is 4.42 Å². The highest BCUT2D eigenvalue weighted by molar-refractivity contribution is 5.86. The molecule has 112 valence electrons. The zero-order chi connectivity index (χ0) is 16.0. The summed E-state index contributed by atoms with van der Waals surface area (Å²) in [7, 11) is 3.68. The van der Waals surface area contributed by atoms with Crippen molar-refractivity contribution in [2.45, 2.75) is 0 Å². The molecule has 0 spiro atoms. The molecule has 1 N–H and O–H groups in total. The van der Waals surface area contributed by atoms with Crippen molar-refractivity contribution in [1.82, 2.24) is 4.98 Å². The van der Waals surface area contributed by atoms with Gasteiger partial charge in [-0.1, -0.05) is 0 Å². The first-order chi connectivity index (χ1) is 10.4. The number of nitrogens with zero attached hydrogens (tertiary/aromatic N) is 1. The molecule has 22 heavy (non-hydrogen) atoms. The first-order valence-corrected chi connectivity index (χ1v) is 6.41. The molecular formula is C15H11N2O5-. The highest BCUT2D eigenvalue weighted by atomic mass is 16.4. The predicted molar refractivity (Wildman–Crippen MR) is 77.1 cm³/mol. The van der Waals surface area contributed by atoms with Gasteiger partial charge in [0.2, 0.25) is 10.8 Å². The molecule has 0 unspecified atom stereocenters. The number of anilines is 1. The van der Waals surface area contributed by atoms with Crippen molar-refractivity contribution in [2.24, 2.45) is 0 Å². The molecule has 7 heteroatoms. The zero-order valence-electron chi connectivity index (χ0n) is 11.8. The summed E-state index contributed by atoms with van der Waals surface area (Å²) < 4.78 is 5.48. The Morgan fingerprint density at radius 2 is 1.95 bits per heavy atom. The Morgan fingerprint density at radius 3 is 2.59 bits per heavy atom. The molecule has 2 aliphatic rings. The molecule has 1 aliphatic carbocycles. The van der Waals surface area contributed by atoms with E-state index in [1.54, 1.807) is 18.2 Å². The topological polar surface area (TPSA) is 106 Å². The molecule has 1 aliphatic heterocycles. The van der Waals surface area contributed by atoms with E-state index in [1.165, 1.54) is 0 Å². The number of H-pyrrole nitrogens is 1. The molecule has 3 rings (SSSR count). The number of aromatic carboxylic acids is 1. The van der Waals surface area contributed by atoms with Gasteiger partial charge in [0.15, 0.2) is 5.58 Å². The van der Waals surface area contributed by atoms with E-state index in [9.17, 15) is 19.5 Å². The number of rotatable bonds is 2. The maximum Gasteiger partial charge on any atom is 0.270 e. The van der Waals surface area contributed by atoms with Crippen molar-refractivity contribution in [1.29, 1.82) is 0 Å². The van der Waals surface area contributed by atoms with Gasteiger partial charge in [0, 0.05) is 37.5 Å². The van der Waals surface area contributed by atoms with Crippen LogP contribution in [0.15, 0.2) is 38.3 Å². The van der Waals surface area contributed by atoms with Crippen molar-refractivity contribution in [3.63, 3.8) is 0 Å². The Hall–Kier alpha value is -3.09. The van der Waals surface area contributed by atoms with Crippen molar-refractivity contribution < 1.29 is 14.3 Å². The average molecular weight is 299 g/mol. The van der Waals surface area contributed by atoms with Crippen molar-refractivity contribution in [3.8, 4) is 0 Å². The fourth-order valence-corrected chi connectivity index (χ4v) is 2.22. The Morgan fingerprint density at radius 1 is 1.23 bits per heavy atom. The maximum atomic E-state index is 11.9. The summed E-state index contributed by atoms with van der Waals surface area (Å²) in [5.74, 6) is -1.56. The second-order valence-corrected chi connectivity index (χ2v) is 5.04. The van der Waals surface area contributed by atoms with E-state index in [1.807, 2.05) is 19.0 Å². The van der Waals surface area contributed by atoms with E-state index in [0.29, 0.717) is 11.1 Å². The lowest BCUT2D eigenvalue weighted by atomic mass is 10.2. The van der Waals surface area contributed by atoms with Gasteiger partial charge in [-0.05, 0) is 12.1 Å². The van der Waals surface area contributed by atoms with Crippen LogP contribution in [0.1, 0.15) is 10.4 Å². The molecule has 0 radical (unpaired) electrons. The standard InChI is InChI=1S/C15H12N2O5/c1-17(2)7-3-4-9-11(5-7)22-14-12(16-9)8(15(20)21)6-10(18)13(14)19/h3-6,16H,1-2H3,(H,20,21)/p-1. The molecule has 1 heterocycles. The molecule has 0 aromatic heterocycles. The highest BCUT2D eigenvalue weighted by Crippen LogP contribution is 2.19. The third kappa shape index (κ3) is 2.03. The third-order valence-corrected chi connectivity index (χ3v) is 3.38. The molecule has 0 atom stereocenters. The van der Waals surface area contributed by atoms with Gasteiger partial charge in [-0.25, -0.2) is 0 Å². The molecule has 0 saturated carbocycles. The van der Waals surface area contributed by atoms with Gasteiger partial charge in [-0.2, -0.15) is 0 Å². The normalized spacial score (nSPS) is 11.0. The number of carboxylic acids is 1. The van der Waals surface area contributed by atoms with Gasteiger partial charge in [0.25, 0.3) is 5.43 Å². The lowest BCUT2D eigenvalue weighted by Gasteiger charge is -2.12. The molecule has 1 aromatic rings. The second kappa shape index (κ2) is 4.73. The lowest BCUT2D eigenvalue weighted by molar-refractivity contribution is -0.255. The highest BCUT2D eigenvalue weighted by Gasteiger charge is 2.11. The second-order valence-electron chi connectivity index (χ2n) is 5.04. The smallest absolute Gasteiger partial charge is 0.270 e. The van der Waals surface area contributed by atoms with Crippen LogP contribution in [0.5, 0.6) is 0 Å². The van der Waals surface area contributed by atoms with Crippen molar-refractivity contribution in [2.75, 3.05) is 19.0 Å². The third-order valence-electron chi connectivity index (χ3n) is 3.38. The Balaban J connectivity index is 2.54. The number of aromatic amines is 1. The Kier molecular flexibility index (Phi) is 2.98. The minimum absolute atomic E-state index is 0.0605. The van der Waals surface area contributed by atoms with Gasteiger partial charge < -0.3 is 24.2 Å². The molecule has 0 bridgehead atoms. The lowest BCUT2D eigenvalue weighted by Crippen LogP contribution is -2.31. The molecular weight excluding hydrogens is 288 g/mol. The molecule has 1 aromatic carbocycles. The van der Waals surface area contributed by atoms with Crippen molar-refractivity contribution in [3.05, 3.63) is 61.0 Å². The SMILES string of the molecule is CN(C)c1ccc2[nH]c3c(C(=O)[O-])cc(=O)c(=O)c=3oc2c1. The number of aromatic nitrogens is 1. The van der Waals surface area contributed by atoms with Crippen LogP contribution < -0.4 is 20.9 Å². The first kappa shape index (κ1) is 13.9. The number of hydrogen-bond acceptors (Lipinski definition) is 6. The number of nitrogens with one attached hydrogen (secondary N) is 1. The summed E-state index contributed by atoms with van der Waals surface area (Å²) in [5, 5.41) is 11.1. The predicted octanol–water partition coefficient (Wildman–Crippen LogP) is -0.364. The van der Waals surface area contributed by atoms with Crippen LogP contribution in [-0.4, -0.2) is 25.0 Å². The summed E-state index contributed by atoms with van der Waals surface area (Å²) in [5.41, 5.74) is -0.906. The molecule has 0 saturated heterocycles. The van der Waals surface area contributed by atoms with Crippen LogP contribution in [0.25, 0.3) is 11.1 Å². The van der Waals surface area contributed by atoms with Gasteiger partial charge in [0.05, 0.1) is 16.8 Å². The maximum absolute atomic E-state index is 11.9. The van der Waals surface area contributed by atoms with E-state index in [0.717, 1.165) is 11.8 Å². The monoisotopic (exact) mass is 299 g/mol. The summed E-state index contributed by atoms with van der Waals surface area (Å²) in [4.78, 5) is 39.3. The van der Waals surface area contributed by atoms with E-state index in [-0.39, 0.29) is 10.8 Å². The van der Waals surface area contributed by atoms with Crippen molar-refractivity contribution >= 4 is 22.8 Å². The summed E-state index contributed by atoms with van der Waals surface area (Å²) in [6.07, 6.45) is 0. The number of carbonyl (C=O) groups excluding carboxylic acids is 1. The fourth-order valence-electron chi connectivity index (χ4n) is 2.22. The Bertz CT molecular complexity index is 1080. The quantitative estimate of drug-likeness (QED) is 0.647. The minimum atomic E-state index is -1.56. The van der Waals surface area contributed by atoms with Gasteiger partial charge in [0.1, 0.15) is 0 Å². The van der Waals surface area contributed by atoms with Crippen LogP contribution in [0.3, 0.4) is 0 Å². The number of carbonyl (C=O) groups is 1. The summed E-state index contributed by atoms with van der Waals surface area (Å²) >= 11 is 0. The van der Waals surface area contributed by atoms with E-state index in [2.05, 4.69) is 4.98 Å². The van der Waals surface area contributed by atoms with Gasteiger partial charge >= 0.3 is 0 Å². The molecule has 0 amide bonds. The number of fused-ring (bicyclic) bond motifs is 1. The number of benzene rings is 1. The van der Waals surface area contributed by atoms with Gasteiger partial charge in [-0.15, -0.1) is 0 Å². The Labute approximate surface area is 123 Å². The van der Waals surface area contributed by atoms with Crippen LogP contribution in [0.4, 0.5) is 5.69 Å². The zero-order valence-corrected chi connectivity index (χ0v) is 11.8. The number of carboxylic acid groups (broad SMARTS) is 1. The first-order valence-electron chi connectivity index (χ1n) is 6.41. The summed E-state index contributed by atoms with van der Waals surface area (Å²) in [6, 6.07) is 5.92. The van der Waals surface area contributed by atoms with Crippen LogP contribution in [0, 0.1) is 10.8 Å². The number of hydrogen-bond donors (Lipinski definition) is 1. The minimum Gasteiger partial charge on any atom is -0.545 e. The molecule has 7 nitrogen and oxygen atoms in total. The largest absolute Gasteiger partial charge is 0.545 e. The van der Waals surface area contributed by atoms with Crippen LogP contribution in [-0.2, 0) is 0 Å². The van der Waals surface area contributed by atoms with Crippen LogP contribution in [0.2, 0.25) is 0 Å². The molecule has 0 fully saturated rings. The van der Waals surface area contributed by atoms with E-state index >= 15 is 0 Å². The average Bonchev–Trinajstić information content (AvgIpc) is 2.48. The van der Waals surface area contributed by atoms with Gasteiger partial charge in [-0.3, -0.25) is 9.59 Å². The van der Waals surface area contributed by atoms with Crippen LogP contribution >= 0.6 is 0 Å². The fraction of sp³-hybridized carbons (Fsp3) is 0.133. The summed E-state index contributed by atoms with van der Waals surface area (Å²) in [6.45, 7) is 0.